The Morgan fingerprint density at radius 1 is 1.12 bits per heavy atom. The second kappa shape index (κ2) is 4.41. The predicted octanol–water partition coefficient (Wildman–Crippen LogP) is 3.40. The molecule has 96 valence electrons. The van der Waals surface area contributed by atoms with E-state index >= 15 is 0 Å². The molecule has 0 aromatic carbocycles. The molecule has 3 heteroatoms. The van der Waals surface area contributed by atoms with Crippen molar-refractivity contribution in [1.82, 2.24) is 4.72 Å². The highest BCUT2D eigenvalue weighted by Crippen LogP contribution is 2.62. The van der Waals surface area contributed by atoms with Crippen molar-refractivity contribution >= 4 is 11.0 Å². The van der Waals surface area contributed by atoms with E-state index in [0.29, 0.717) is 5.41 Å². The van der Waals surface area contributed by atoms with Crippen LogP contribution in [-0.2, 0) is 11.0 Å². The molecule has 16 heavy (non-hydrogen) atoms. The minimum Gasteiger partial charge on any atom is -0.242 e. The Kier molecular flexibility index (Phi) is 3.91. The maximum atomic E-state index is 12.2. The molecule has 0 aromatic heterocycles. The maximum Gasteiger partial charge on any atom is 0.0975 e. The van der Waals surface area contributed by atoms with Gasteiger partial charge in [0.25, 0.3) is 0 Å². The number of hydrogen-bond acceptors (Lipinski definition) is 1. The lowest BCUT2D eigenvalue weighted by Crippen LogP contribution is -2.44. The molecule has 0 saturated heterocycles. The van der Waals surface area contributed by atoms with Crippen LogP contribution in [0.1, 0.15) is 67.2 Å². The van der Waals surface area contributed by atoms with Crippen molar-refractivity contribution < 1.29 is 4.21 Å². The molecule has 1 unspecified atom stereocenters. The standard InChI is InChI=1S/C13H27NOS/c1-7-12(8-2)10-13(12,9-3)14-16(15)11(4,5)6/h14H,7-10H2,1-6H3/t13-,16?/m1/s1. The van der Waals surface area contributed by atoms with Crippen molar-refractivity contribution in [2.24, 2.45) is 5.41 Å². The minimum absolute atomic E-state index is 0.134. The Hall–Kier alpha value is 0.110. The summed E-state index contributed by atoms with van der Waals surface area (Å²) in [5.41, 5.74) is 0.525. The summed E-state index contributed by atoms with van der Waals surface area (Å²) in [5.74, 6) is 0. The summed E-state index contributed by atoms with van der Waals surface area (Å²) in [5, 5.41) is 0. The van der Waals surface area contributed by atoms with E-state index in [2.05, 4.69) is 25.5 Å². The van der Waals surface area contributed by atoms with Crippen molar-refractivity contribution in [3.05, 3.63) is 0 Å². The van der Waals surface area contributed by atoms with Crippen LogP contribution in [0.5, 0.6) is 0 Å². The molecule has 0 spiro atoms. The summed E-state index contributed by atoms with van der Waals surface area (Å²) in [6, 6.07) is 0. The van der Waals surface area contributed by atoms with Gasteiger partial charge in [-0.1, -0.05) is 20.8 Å². The molecule has 0 amide bonds. The Bertz CT molecular complexity index is 278. The van der Waals surface area contributed by atoms with E-state index in [1.54, 1.807) is 0 Å². The zero-order valence-electron chi connectivity index (χ0n) is 11.6. The van der Waals surface area contributed by atoms with Crippen LogP contribution in [0.2, 0.25) is 0 Å². The van der Waals surface area contributed by atoms with Gasteiger partial charge in [-0.05, 0) is 51.9 Å². The van der Waals surface area contributed by atoms with Crippen molar-refractivity contribution in [3.8, 4) is 0 Å². The van der Waals surface area contributed by atoms with Crippen molar-refractivity contribution in [3.63, 3.8) is 0 Å². The highest BCUT2D eigenvalue weighted by atomic mass is 32.2. The third-order valence-corrected chi connectivity index (χ3v) is 6.02. The van der Waals surface area contributed by atoms with E-state index in [0.717, 1.165) is 6.42 Å². The predicted molar refractivity (Wildman–Crippen MR) is 71.7 cm³/mol. The smallest absolute Gasteiger partial charge is 0.0975 e. The second-order valence-electron chi connectivity index (χ2n) is 6.08. The van der Waals surface area contributed by atoms with Gasteiger partial charge in [0, 0.05) is 5.54 Å². The molecular formula is C13H27NOS. The minimum atomic E-state index is -0.944. The summed E-state index contributed by atoms with van der Waals surface area (Å²) in [6.07, 6.45) is 4.64. The molecule has 1 saturated carbocycles. The molecule has 0 aromatic rings. The van der Waals surface area contributed by atoms with Crippen LogP contribution in [0.15, 0.2) is 0 Å². The van der Waals surface area contributed by atoms with E-state index in [-0.39, 0.29) is 10.3 Å². The Morgan fingerprint density at radius 2 is 1.62 bits per heavy atom. The van der Waals surface area contributed by atoms with Crippen LogP contribution in [-0.4, -0.2) is 14.5 Å². The Morgan fingerprint density at radius 3 is 1.88 bits per heavy atom. The van der Waals surface area contributed by atoms with Gasteiger partial charge in [0.15, 0.2) is 0 Å². The zero-order valence-corrected chi connectivity index (χ0v) is 12.5. The highest BCUT2D eigenvalue weighted by molar-refractivity contribution is 7.84. The molecule has 1 aliphatic carbocycles. The molecule has 0 radical (unpaired) electrons. The first kappa shape index (κ1) is 14.2. The summed E-state index contributed by atoms with van der Waals surface area (Å²) in [4.78, 5) is 0. The SMILES string of the molecule is CCC1(CC)C[C@@]1(CC)NS(=O)C(C)(C)C. The highest BCUT2D eigenvalue weighted by Gasteiger charge is 2.64. The lowest BCUT2D eigenvalue weighted by Gasteiger charge is -2.28. The van der Waals surface area contributed by atoms with Crippen LogP contribution in [0, 0.1) is 5.41 Å². The average molecular weight is 245 g/mol. The average Bonchev–Trinajstić information content (AvgIpc) is 2.86. The van der Waals surface area contributed by atoms with E-state index in [1.165, 1.54) is 19.3 Å². The van der Waals surface area contributed by atoms with Gasteiger partial charge in [0.2, 0.25) is 0 Å². The molecular weight excluding hydrogens is 218 g/mol. The van der Waals surface area contributed by atoms with E-state index in [9.17, 15) is 4.21 Å². The van der Waals surface area contributed by atoms with Gasteiger partial charge in [0.05, 0.1) is 15.7 Å². The van der Waals surface area contributed by atoms with Crippen molar-refractivity contribution in [2.45, 2.75) is 77.5 Å². The lowest BCUT2D eigenvalue weighted by molar-refractivity contribution is 0.360. The largest absolute Gasteiger partial charge is 0.242 e. The molecule has 1 aliphatic rings. The van der Waals surface area contributed by atoms with Gasteiger partial charge in [-0.3, -0.25) is 0 Å². The number of hydrogen-bond donors (Lipinski definition) is 1. The van der Waals surface area contributed by atoms with Crippen LogP contribution < -0.4 is 4.72 Å². The van der Waals surface area contributed by atoms with Gasteiger partial charge >= 0.3 is 0 Å². The normalized spacial score (nSPS) is 30.1. The third-order valence-electron chi connectivity index (χ3n) is 4.33. The Labute approximate surface area is 103 Å². The van der Waals surface area contributed by atoms with E-state index in [1.807, 2.05) is 20.8 Å². The van der Waals surface area contributed by atoms with Gasteiger partial charge in [-0.2, -0.15) is 0 Å². The third kappa shape index (κ3) is 2.21. The quantitative estimate of drug-likeness (QED) is 0.790. The molecule has 2 atom stereocenters. The first-order valence-corrected chi connectivity index (χ1v) is 7.61. The summed E-state index contributed by atoms with van der Waals surface area (Å²) < 4.78 is 15.5. The van der Waals surface area contributed by atoms with Crippen molar-refractivity contribution in [2.75, 3.05) is 0 Å². The number of nitrogens with one attached hydrogen (secondary N) is 1. The van der Waals surface area contributed by atoms with Gasteiger partial charge < -0.3 is 0 Å². The first-order valence-electron chi connectivity index (χ1n) is 6.46. The summed E-state index contributed by atoms with van der Waals surface area (Å²) >= 11 is 0. The fraction of sp³-hybridized carbons (Fsp3) is 1.00. The molecule has 1 fully saturated rings. The van der Waals surface area contributed by atoms with Gasteiger partial charge in [-0.15, -0.1) is 0 Å². The van der Waals surface area contributed by atoms with Gasteiger partial charge in [-0.25, -0.2) is 8.93 Å². The summed E-state index contributed by atoms with van der Waals surface area (Å²) in [7, 11) is -0.944. The van der Waals surface area contributed by atoms with E-state index < -0.39 is 11.0 Å². The molecule has 1 N–H and O–H groups in total. The van der Waals surface area contributed by atoms with Crippen LogP contribution in [0.4, 0.5) is 0 Å². The topological polar surface area (TPSA) is 29.1 Å². The number of rotatable bonds is 5. The van der Waals surface area contributed by atoms with Crippen LogP contribution in [0.3, 0.4) is 0 Å². The molecule has 0 heterocycles. The second-order valence-corrected chi connectivity index (χ2v) is 8.05. The molecule has 2 nitrogen and oxygen atoms in total. The van der Waals surface area contributed by atoms with Crippen LogP contribution >= 0.6 is 0 Å². The van der Waals surface area contributed by atoms with Crippen molar-refractivity contribution in [1.29, 1.82) is 0 Å². The van der Waals surface area contributed by atoms with E-state index in [4.69, 9.17) is 0 Å². The van der Waals surface area contributed by atoms with Gasteiger partial charge in [0.1, 0.15) is 0 Å². The molecule has 0 aliphatic heterocycles. The molecule has 0 bridgehead atoms. The fourth-order valence-electron chi connectivity index (χ4n) is 2.76. The monoisotopic (exact) mass is 245 g/mol. The maximum absolute atomic E-state index is 12.2. The zero-order chi connectivity index (χ0) is 12.6. The summed E-state index contributed by atoms with van der Waals surface area (Å²) in [6.45, 7) is 12.8. The first-order chi connectivity index (χ1) is 7.27. The molecule has 1 rings (SSSR count). The van der Waals surface area contributed by atoms with Crippen LogP contribution in [0.25, 0.3) is 0 Å². The fourth-order valence-corrected chi connectivity index (χ4v) is 3.85. The lowest BCUT2D eigenvalue weighted by atomic mass is 9.92. The Balaban J connectivity index is 2.77.